The maximum absolute atomic E-state index is 11.5. The van der Waals surface area contributed by atoms with Gasteiger partial charge in [0.1, 0.15) is 5.54 Å². The van der Waals surface area contributed by atoms with Crippen molar-refractivity contribution in [3.05, 3.63) is 0 Å². The van der Waals surface area contributed by atoms with E-state index in [4.69, 9.17) is 0 Å². The zero-order valence-corrected chi connectivity index (χ0v) is 14.4. The third-order valence-corrected chi connectivity index (χ3v) is 4.42. The Balaban J connectivity index is 2.33. The van der Waals surface area contributed by atoms with E-state index in [0.717, 1.165) is 39.0 Å². The largest absolute Gasteiger partial charge is 0.480 e. The fourth-order valence-electron chi connectivity index (χ4n) is 3.18. The highest BCUT2D eigenvalue weighted by Gasteiger charge is 2.32. The van der Waals surface area contributed by atoms with Crippen molar-refractivity contribution in [1.82, 2.24) is 15.1 Å². The molecule has 0 aliphatic carbocycles. The van der Waals surface area contributed by atoms with Crippen LogP contribution in [0.15, 0.2) is 0 Å². The molecule has 0 aromatic heterocycles. The lowest BCUT2D eigenvalue weighted by Crippen LogP contribution is -2.52. The molecule has 21 heavy (non-hydrogen) atoms. The number of unbranched alkanes of at least 4 members (excludes halogenated alkanes) is 1. The van der Waals surface area contributed by atoms with Crippen LogP contribution in [0.2, 0.25) is 0 Å². The summed E-state index contributed by atoms with van der Waals surface area (Å²) >= 11 is 0. The molecular weight excluding hydrogens is 266 g/mol. The summed E-state index contributed by atoms with van der Waals surface area (Å²) in [5, 5.41) is 12.6. The standard InChI is InChI=1S/C16H33N3O2/c1-13(2)17-16(4,15(20)21)8-6-7-9-19-11-10-18(5)12-14(19)3/h13-14,17H,6-12H2,1-5H3,(H,20,21). The van der Waals surface area contributed by atoms with Crippen LogP contribution in [0.4, 0.5) is 0 Å². The van der Waals surface area contributed by atoms with Gasteiger partial charge in [-0.1, -0.05) is 0 Å². The molecule has 2 atom stereocenters. The second-order valence-electron chi connectivity index (χ2n) is 7.04. The van der Waals surface area contributed by atoms with Crippen LogP contribution >= 0.6 is 0 Å². The maximum Gasteiger partial charge on any atom is 0.323 e. The molecule has 1 aliphatic heterocycles. The Kier molecular flexibility index (Phi) is 7.10. The summed E-state index contributed by atoms with van der Waals surface area (Å²) in [6, 6.07) is 0.784. The molecule has 5 nitrogen and oxygen atoms in total. The molecule has 1 heterocycles. The molecule has 0 saturated carbocycles. The number of likely N-dealkylation sites (N-methyl/N-ethyl adjacent to an activating group) is 1. The van der Waals surface area contributed by atoms with Crippen LogP contribution in [0.1, 0.15) is 47.0 Å². The third kappa shape index (κ3) is 5.93. The van der Waals surface area contributed by atoms with Crippen molar-refractivity contribution >= 4 is 5.97 Å². The average molecular weight is 299 g/mol. The van der Waals surface area contributed by atoms with Crippen LogP contribution in [0.3, 0.4) is 0 Å². The van der Waals surface area contributed by atoms with Crippen molar-refractivity contribution in [2.24, 2.45) is 0 Å². The van der Waals surface area contributed by atoms with E-state index in [-0.39, 0.29) is 6.04 Å². The van der Waals surface area contributed by atoms with Crippen LogP contribution in [0.5, 0.6) is 0 Å². The molecule has 1 aliphatic rings. The van der Waals surface area contributed by atoms with E-state index in [9.17, 15) is 9.90 Å². The first-order chi connectivity index (χ1) is 9.74. The van der Waals surface area contributed by atoms with E-state index < -0.39 is 11.5 Å². The van der Waals surface area contributed by atoms with Gasteiger partial charge in [-0.3, -0.25) is 15.0 Å². The summed E-state index contributed by atoms with van der Waals surface area (Å²) in [5.41, 5.74) is -0.804. The average Bonchev–Trinajstić information content (AvgIpc) is 2.35. The lowest BCUT2D eigenvalue weighted by molar-refractivity contribution is -0.144. The quantitative estimate of drug-likeness (QED) is 0.667. The van der Waals surface area contributed by atoms with Gasteiger partial charge in [-0.05, 0) is 60.5 Å². The Hall–Kier alpha value is -0.650. The zero-order valence-electron chi connectivity index (χ0n) is 14.4. The topological polar surface area (TPSA) is 55.8 Å². The van der Waals surface area contributed by atoms with Gasteiger partial charge in [0.2, 0.25) is 0 Å². The van der Waals surface area contributed by atoms with Gasteiger partial charge in [-0.15, -0.1) is 0 Å². The Labute approximate surface area is 129 Å². The molecule has 5 heteroatoms. The van der Waals surface area contributed by atoms with Crippen molar-refractivity contribution in [1.29, 1.82) is 0 Å². The number of piperazine rings is 1. The summed E-state index contributed by atoms with van der Waals surface area (Å²) in [5.74, 6) is -0.746. The fourth-order valence-corrected chi connectivity index (χ4v) is 3.18. The molecule has 1 saturated heterocycles. The molecule has 0 spiro atoms. The molecule has 124 valence electrons. The van der Waals surface area contributed by atoms with Gasteiger partial charge in [-0.2, -0.15) is 0 Å². The van der Waals surface area contributed by atoms with Crippen LogP contribution in [-0.2, 0) is 4.79 Å². The highest BCUT2D eigenvalue weighted by Crippen LogP contribution is 2.17. The number of carbonyl (C=O) groups is 1. The lowest BCUT2D eigenvalue weighted by Gasteiger charge is -2.38. The molecule has 2 N–H and O–H groups in total. The Morgan fingerprint density at radius 3 is 2.57 bits per heavy atom. The molecule has 0 radical (unpaired) electrons. The molecule has 2 unspecified atom stereocenters. The van der Waals surface area contributed by atoms with Gasteiger partial charge < -0.3 is 10.0 Å². The zero-order chi connectivity index (χ0) is 16.0. The second kappa shape index (κ2) is 8.11. The summed E-state index contributed by atoms with van der Waals surface area (Å²) in [4.78, 5) is 16.4. The van der Waals surface area contributed by atoms with Crippen LogP contribution in [0.25, 0.3) is 0 Å². The normalized spacial score (nSPS) is 24.2. The Morgan fingerprint density at radius 2 is 2.05 bits per heavy atom. The van der Waals surface area contributed by atoms with Crippen molar-refractivity contribution in [2.45, 2.75) is 64.6 Å². The maximum atomic E-state index is 11.5. The Morgan fingerprint density at radius 1 is 1.38 bits per heavy atom. The number of aliphatic carboxylic acids is 1. The third-order valence-electron chi connectivity index (χ3n) is 4.42. The molecule has 0 aromatic rings. The number of nitrogens with one attached hydrogen (secondary N) is 1. The van der Waals surface area contributed by atoms with E-state index in [0.29, 0.717) is 12.5 Å². The van der Waals surface area contributed by atoms with Crippen molar-refractivity contribution < 1.29 is 9.90 Å². The molecule has 0 aromatic carbocycles. The summed E-state index contributed by atoms with van der Waals surface area (Å²) in [6.07, 6.45) is 2.70. The number of hydrogen-bond donors (Lipinski definition) is 2. The molecule has 0 bridgehead atoms. The highest BCUT2D eigenvalue weighted by molar-refractivity contribution is 5.78. The predicted molar refractivity (Wildman–Crippen MR) is 86.7 cm³/mol. The minimum Gasteiger partial charge on any atom is -0.480 e. The monoisotopic (exact) mass is 299 g/mol. The van der Waals surface area contributed by atoms with Crippen LogP contribution in [0, 0.1) is 0 Å². The van der Waals surface area contributed by atoms with Crippen molar-refractivity contribution in [3.8, 4) is 0 Å². The SMILES string of the molecule is CC(C)NC(C)(CCCCN1CCN(C)CC1C)C(=O)O. The van der Waals surface area contributed by atoms with Gasteiger partial charge >= 0.3 is 5.97 Å². The van der Waals surface area contributed by atoms with Crippen LogP contribution in [-0.4, -0.2) is 71.7 Å². The number of carboxylic acid groups (broad SMARTS) is 1. The second-order valence-corrected chi connectivity index (χ2v) is 7.04. The van der Waals surface area contributed by atoms with Gasteiger partial charge in [0.05, 0.1) is 0 Å². The van der Waals surface area contributed by atoms with E-state index in [1.807, 2.05) is 13.8 Å². The summed E-state index contributed by atoms with van der Waals surface area (Å²) in [7, 11) is 2.17. The first kappa shape index (κ1) is 18.4. The number of nitrogens with zero attached hydrogens (tertiary/aromatic N) is 2. The summed E-state index contributed by atoms with van der Waals surface area (Å²) < 4.78 is 0. The van der Waals surface area contributed by atoms with Gasteiger partial charge in [0, 0.05) is 31.7 Å². The molecule has 1 fully saturated rings. The minimum atomic E-state index is -0.804. The highest BCUT2D eigenvalue weighted by atomic mass is 16.4. The number of carboxylic acids is 1. The minimum absolute atomic E-state index is 0.184. The molecule has 1 rings (SSSR count). The summed E-state index contributed by atoms with van der Waals surface area (Å²) in [6.45, 7) is 12.5. The van der Waals surface area contributed by atoms with Gasteiger partial charge in [0.15, 0.2) is 0 Å². The van der Waals surface area contributed by atoms with Gasteiger partial charge in [-0.25, -0.2) is 0 Å². The Bertz CT molecular complexity index is 335. The van der Waals surface area contributed by atoms with E-state index >= 15 is 0 Å². The number of rotatable bonds is 8. The van der Waals surface area contributed by atoms with Gasteiger partial charge in [0.25, 0.3) is 0 Å². The van der Waals surface area contributed by atoms with E-state index in [1.165, 1.54) is 0 Å². The lowest BCUT2D eigenvalue weighted by atomic mass is 9.94. The molecule has 0 amide bonds. The predicted octanol–water partition coefficient (Wildman–Crippen LogP) is 1.63. The fraction of sp³-hybridized carbons (Fsp3) is 0.938. The molecular formula is C16H33N3O2. The van der Waals surface area contributed by atoms with Crippen molar-refractivity contribution in [2.75, 3.05) is 33.2 Å². The van der Waals surface area contributed by atoms with E-state index in [2.05, 4.69) is 29.1 Å². The van der Waals surface area contributed by atoms with Crippen molar-refractivity contribution in [3.63, 3.8) is 0 Å². The van der Waals surface area contributed by atoms with E-state index in [1.54, 1.807) is 6.92 Å². The number of hydrogen-bond acceptors (Lipinski definition) is 4. The first-order valence-electron chi connectivity index (χ1n) is 8.18. The van der Waals surface area contributed by atoms with Crippen LogP contribution < -0.4 is 5.32 Å². The smallest absolute Gasteiger partial charge is 0.323 e. The first-order valence-corrected chi connectivity index (χ1v) is 8.18.